The van der Waals surface area contributed by atoms with Gasteiger partial charge in [-0.1, -0.05) is 0 Å². The molecule has 2 fully saturated rings. The topological polar surface area (TPSA) is 87.2 Å². The molecular weight excluding hydrogens is 363 g/mol. The van der Waals surface area contributed by atoms with E-state index in [9.17, 15) is 22.7 Å². The van der Waals surface area contributed by atoms with Crippen LogP contribution in [0.1, 0.15) is 6.42 Å². The van der Waals surface area contributed by atoms with Crippen LogP contribution in [-0.4, -0.2) is 74.3 Å². The maximum atomic E-state index is 12.9. The van der Waals surface area contributed by atoms with Gasteiger partial charge in [0.2, 0.25) is 10.0 Å². The third kappa shape index (κ3) is 3.84. The number of likely N-dealkylation sites (tertiary alicyclic amines) is 1. The van der Waals surface area contributed by atoms with Crippen LogP contribution in [0.4, 0.5) is 4.39 Å². The van der Waals surface area contributed by atoms with E-state index in [4.69, 9.17) is 4.74 Å². The summed E-state index contributed by atoms with van der Waals surface area (Å²) < 4.78 is 43.4. The Hall–Kier alpha value is -1.71. The van der Waals surface area contributed by atoms with Gasteiger partial charge in [-0.05, 0) is 36.6 Å². The number of carbonyl (C=O) groups excluding carboxylic acids is 1. The lowest BCUT2D eigenvalue weighted by atomic mass is 9.74. The Kier molecular flexibility index (Phi) is 5.23. The van der Waals surface area contributed by atoms with Crippen LogP contribution in [0.3, 0.4) is 0 Å². The van der Waals surface area contributed by atoms with Crippen LogP contribution in [0.5, 0.6) is 5.75 Å². The Labute approximate surface area is 152 Å². The van der Waals surface area contributed by atoms with E-state index in [1.165, 1.54) is 28.6 Å². The third-order valence-corrected chi connectivity index (χ3v) is 6.56. The monoisotopic (exact) mass is 386 g/mol. The smallest absolute Gasteiger partial charge is 0.260 e. The molecule has 0 spiro atoms. The number of piperidine rings is 1. The van der Waals surface area contributed by atoms with E-state index < -0.39 is 15.4 Å². The first-order valence-corrected chi connectivity index (χ1v) is 10.3. The van der Waals surface area contributed by atoms with Crippen molar-refractivity contribution in [3.8, 4) is 5.75 Å². The number of sulfonamides is 1. The molecule has 0 unspecified atom stereocenters. The van der Waals surface area contributed by atoms with Crippen LogP contribution in [0.15, 0.2) is 24.3 Å². The van der Waals surface area contributed by atoms with Crippen LogP contribution in [0.2, 0.25) is 0 Å². The van der Waals surface area contributed by atoms with Crippen LogP contribution in [0.25, 0.3) is 0 Å². The van der Waals surface area contributed by atoms with Crippen molar-refractivity contribution in [2.45, 2.75) is 6.42 Å². The molecule has 3 rings (SSSR count). The number of benzene rings is 1. The number of carbonyl (C=O) groups is 1. The van der Waals surface area contributed by atoms with Crippen LogP contribution < -0.4 is 4.74 Å². The maximum Gasteiger partial charge on any atom is 0.260 e. The highest BCUT2D eigenvalue weighted by Gasteiger charge is 2.52. The van der Waals surface area contributed by atoms with E-state index in [-0.39, 0.29) is 37.4 Å². The average molecular weight is 386 g/mol. The number of halogens is 1. The van der Waals surface area contributed by atoms with Gasteiger partial charge in [0.25, 0.3) is 5.91 Å². The average Bonchev–Trinajstić information content (AvgIpc) is 3.00. The fourth-order valence-electron chi connectivity index (χ4n) is 3.79. The Morgan fingerprint density at radius 3 is 2.65 bits per heavy atom. The molecule has 0 aromatic heterocycles. The first-order chi connectivity index (χ1) is 12.2. The van der Waals surface area contributed by atoms with E-state index in [0.29, 0.717) is 31.8 Å². The van der Waals surface area contributed by atoms with Gasteiger partial charge < -0.3 is 14.7 Å². The van der Waals surface area contributed by atoms with E-state index in [2.05, 4.69) is 0 Å². The standard InChI is InChI=1S/C17H23FN2O5S/c1-26(23,24)20-8-13-6-7-19(10-17(13,11-20)12-21)16(22)9-25-15-4-2-14(18)3-5-15/h2-5,13,21H,6-12H2,1H3/t13-,17+/m0/s1. The maximum absolute atomic E-state index is 12.9. The van der Waals surface area contributed by atoms with E-state index in [0.717, 1.165) is 6.26 Å². The number of hydrogen-bond donors (Lipinski definition) is 1. The molecule has 7 nitrogen and oxygen atoms in total. The summed E-state index contributed by atoms with van der Waals surface area (Å²) in [7, 11) is -3.33. The molecule has 144 valence electrons. The van der Waals surface area contributed by atoms with Gasteiger partial charge in [0, 0.05) is 31.6 Å². The van der Waals surface area contributed by atoms with Gasteiger partial charge in [0.1, 0.15) is 11.6 Å². The summed E-state index contributed by atoms with van der Waals surface area (Å²) in [6, 6.07) is 5.41. The summed E-state index contributed by atoms with van der Waals surface area (Å²) in [5.74, 6) is -0.189. The van der Waals surface area contributed by atoms with E-state index >= 15 is 0 Å². The molecular formula is C17H23FN2O5S. The minimum atomic E-state index is -3.33. The summed E-state index contributed by atoms with van der Waals surface area (Å²) in [4.78, 5) is 14.1. The Morgan fingerprint density at radius 1 is 1.35 bits per heavy atom. The fraction of sp³-hybridized carbons (Fsp3) is 0.588. The van der Waals surface area contributed by atoms with Gasteiger partial charge in [-0.3, -0.25) is 4.79 Å². The van der Waals surface area contributed by atoms with Crippen molar-refractivity contribution in [3.63, 3.8) is 0 Å². The number of rotatable bonds is 5. The molecule has 0 bridgehead atoms. The molecule has 1 aromatic carbocycles. The lowest BCUT2D eigenvalue weighted by molar-refractivity contribution is -0.138. The van der Waals surface area contributed by atoms with Crippen molar-refractivity contribution in [2.24, 2.45) is 11.3 Å². The largest absolute Gasteiger partial charge is 0.484 e. The SMILES string of the molecule is CS(=O)(=O)N1C[C@@H]2CCN(C(=O)COc3ccc(F)cc3)C[C@]2(CO)C1. The molecule has 1 amide bonds. The molecule has 2 aliphatic rings. The summed E-state index contributed by atoms with van der Waals surface area (Å²) in [6.07, 6.45) is 1.80. The quantitative estimate of drug-likeness (QED) is 0.787. The molecule has 1 N–H and O–H groups in total. The van der Waals surface area contributed by atoms with Crippen molar-refractivity contribution >= 4 is 15.9 Å². The molecule has 9 heteroatoms. The normalized spacial score (nSPS) is 26.6. The summed E-state index contributed by atoms with van der Waals surface area (Å²) in [6.45, 7) is 1.03. The van der Waals surface area contributed by atoms with Gasteiger partial charge in [-0.15, -0.1) is 0 Å². The van der Waals surface area contributed by atoms with Gasteiger partial charge in [0.05, 0.1) is 12.9 Å². The molecule has 2 heterocycles. The van der Waals surface area contributed by atoms with Crippen molar-refractivity contribution in [1.29, 1.82) is 0 Å². The Morgan fingerprint density at radius 2 is 2.04 bits per heavy atom. The zero-order chi connectivity index (χ0) is 18.9. The number of aliphatic hydroxyl groups excluding tert-OH is 1. The number of fused-ring (bicyclic) bond motifs is 1. The van der Waals surface area contributed by atoms with Gasteiger partial charge in [0.15, 0.2) is 6.61 Å². The van der Waals surface area contributed by atoms with Crippen LogP contribution in [0, 0.1) is 17.2 Å². The summed E-state index contributed by atoms with van der Waals surface area (Å²) in [5.41, 5.74) is -0.632. The Bertz CT molecular complexity index is 770. The number of aliphatic hydroxyl groups is 1. The van der Waals surface area contributed by atoms with Crippen molar-refractivity contribution < 1.29 is 27.4 Å². The minimum absolute atomic E-state index is 0.0318. The molecule has 26 heavy (non-hydrogen) atoms. The van der Waals surface area contributed by atoms with Gasteiger partial charge in [-0.25, -0.2) is 17.1 Å². The van der Waals surface area contributed by atoms with Crippen molar-refractivity contribution in [3.05, 3.63) is 30.1 Å². The molecule has 2 aliphatic heterocycles. The van der Waals surface area contributed by atoms with Gasteiger partial charge in [-0.2, -0.15) is 0 Å². The highest BCUT2D eigenvalue weighted by Crippen LogP contribution is 2.42. The lowest BCUT2D eigenvalue weighted by Gasteiger charge is -2.43. The van der Waals surface area contributed by atoms with Gasteiger partial charge >= 0.3 is 0 Å². The van der Waals surface area contributed by atoms with Crippen molar-refractivity contribution in [1.82, 2.24) is 9.21 Å². The molecule has 0 radical (unpaired) electrons. The summed E-state index contributed by atoms with van der Waals surface area (Å²) in [5, 5.41) is 9.94. The fourth-order valence-corrected chi connectivity index (χ4v) is 4.74. The molecule has 2 atom stereocenters. The number of ether oxygens (including phenoxy) is 1. The molecule has 1 aromatic rings. The predicted molar refractivity (Wildman–Crippen MR) is 92.5 cm³/mol. The molecule has 0 saturated carbocycles. The number of amides is 1. The second kappa shape index (κ2) is 7.13. The highest BCUT2D eigenvalue weighted by atomic mass is 32.2. The number of hydrogen-bond acceptors (Lipinski definition) is 5. The lowest BCUT2D eigenvalue weighted by Crippen LogP contribution is -2.53. The first kappa shape index (κ1) is 19.1. The highest BCUT2D eigenvalue weighted by molar-refractivity contribution is 7.88. The second-order valence-corrected chi connectivity index (χ2v) is 9.10. The van der Waals surface area contributed by atoms with Crippen molar-refractivity contribution in [2.75, 3.05) is 45.6 Å². The van der Waals surface area contributed by atoms with Crippen LogP contribution >= 0.6 is 0 Å². The van der Waals surface area contributed by atoms with E-state index in [1.54, 1.807) is 4.90 Å². The predicted octanol–water partition coefficient (Wildman–Crippen LogP) is 0.307. The molecule has 2 saturated heterocycles. The Balaban J connectivity index is 1.63. The second-order valence-electron chi connectivity index (χ2n) is 7.12. The molecule has 0 aliphatic carbocycles. The van der Waals surface area contributed by atoms with E-state index in [1.807, 2.05) is 0 Å². The van der Waals surface area contributed by atoms with Crippen LogP contribution in [-0.2, 0) is 14.8 Å². The first-order valence-electron chi connectivity index (χ1n) is 8.46. The zero-order valence-corrected chi connectivity index (χ0v) is 15.4. The third-order valence-electron chi connectivity index (χ3n) is 5.35. The number of nitrogens with zero attached hydrogens (tertiary/aromatic N) is 2. The summed E-state index contributed by atoms with van der Waals surface area (Å²) >= 11 is 0. The zero-order valence-electron chi connectivity index (χ0n) is 14.6. The minimum Gasteiger partial charge on any atom is -0.484 e.